The molecule has 0 saturated heterocycles. The summed E-state index contributed by atoms with van der Waals surface area (Å²) < 4.78 is -2.29. The first-order valence-corrected chi connectivity index (χ1v) is 9.46. The Balaban J connectivity index is 3.68. The van der Waals surface area contributed by atoms with Gasteiger partial charge in [0.15, 0.2) is 0 Å². The van der Waals surface area contributed by atoms with Crippen LogP contribution in [0.2, 0.25) is 0 Å². The van der Waals surface area contributed by atoms with Gasteiger partial charge in [0, 0.05) is 0 Å². The summed E-state index contributed by atoms with van der Waals surface area (Å²) in [4.78, 5) is 0. The number of hydrogen-bond acceptors (Lipinski definition) is 5. The molecule has 0 aromatic carbocycles. The molecule has 0 unspecified atom stereocenters. The molecule has 11 heteroatoms. The maximum atomic E-state index is 5.49. The van der Waals surface area contributed by atoms with Crippen LogP contribution in [0.15, 0.2) is 0 Å². The second-order valence-electron chi connectivity index (χ2n) is 1.47. The minimum atomic E-state index is -1.40. The quantitative estimate of drug-likeness (QED) is 0.282. The summed E-state index contributed by atoms with van der Waals surface area (Å²) in [5, 5.41) is 0. The van der Waals surface area contributed by atoms with E-state index < -0.39 is 6.25 Å². The van der Waals surface area contributed by atoms with E-state index >= 15 is 0 Å². The van der Waals surface area contributed by atoms with Crippen molar-refractivity contribution >= 4 is 129 Å². The Morgan fingerprint density at radius 2 is 1.07 bits per heavy atom. The molecule has 0 nitrogen and oxygen atoms in total. The summed E-state index contributed by atoms with van der Waals surface area (Å²) in [6.07, 6.45) is 0. The predicted octanol–water partition coefficient (Wildman–Crippen LogP) is 6.69. The third-order valence-corrected chi connectivity index (χ3v) is 9.53. The maximum Gasteiger partial charge on any atom is 0.247 e. The average Bonchev–Trinajstić information content (AvgIpc) is 1.94. The topological polar surface area (TPSA) is 0 Å². The number of thiocarbonyl (C=S) groups is 1. The van der Waals surface area contributed by atoms with E-state index in [4.69, 9.17) is 81.8 Å². The monoisotopic (exact) mass is 406 g/mol. The van der Waals surface area contributed by atoms with Gasteiger partial charge in [-0.1, -0.05) is 81.8 Å². The van der Waals surface area contributed by atoms with Crippen molar-refractivity contribution in [2.24, 2.45) is 0 Å². The van der Waals surface area contributed by atoms with Gasteiger partial charge in [-0.2, -0.15) is 0 Å². The first-order chi connectivity index (χ1) is 6.10. The van der Waals surface area contributed by atoms with Crippen molar-refractivity contribution in [2.45, 2.75) is 6.25 Å². The molecule has 0 spiro atoms. The van der Waals surface area contributed by atoms with Crippen LogP contribution in [0, 0.1) is 0 Å². The molecule has 0 aromatic rings. The molecular weight excluding hydrogens is 409 g/mol. The molecule has 0 atom stereocenters. The fourth-order valence-corrected chi connectivity index (χ4v) is 5.51. The Kier molecular flexibility index (Phi) is 9.38. The number of hydrogen-bond donors (Lipinski definition) is 0. The van der Waals surface area contributed by atoms with Gasteiger partial charge in [-0.05, 0) is 43.2 Å². The molecule has 0 rings (SSSR count). The highest BCUT2D eigenvalue weighted by Crippen LogP contribution is 2.52. The second kappa shape index (κ2) is 7.62. The van der Waals surface area contributed by atoms with E-state index in [9.17, 15) is 0 Å². The summed E-state index contributed by atoms with van der Waals surface area (Å²) in [5.41, 5.74) is 0. The van der Waals surface area contributed by atoms with E-state index in [1.54, 1.807) is 0 Å². The molecule has 0 aliphatic heterocycles. The van der Waals surface area contributed by atoms with Crippen molar-refractivity contribution in [2.75, 3.05) is 0 Å². The zero-order chi connectivity index (χ0) is 11.4. The largest absolute Gasteiger partial charge is 0.247 e. The zero-order valence-electron chi connectivity index (χ0n) is 5.81. The minimum Gasteiger partial charge on any atom is -0.0709 e. The van der Waals surface area contributed by atoms with Crippen LogP contribution in [0.3, 0.4) is 0 Å². The number of halogens is 6. The van der Waals surface area contributed by atoms with Gasteiger partial charge in [0.25, 0.3) is 0 Å². The van der Waals surface area contributed by atoms with Crippen LogP contribution in [0.25, 0.3) is 0 Å². The maximum absolute atomic E-state index is 5.49. The van der Waals surface area contributed by atoms with Crippen molar-refractivity contribution in [1.29, 1.82) is 0 Å². The Bertz CT molecular complexity index is 175. The Morgan fingerprint density at radius 3 is 1.29 bits per heavy atom. The Hall–Kier alpha value is 3.23. The first-order valence-electron chi connectivity index (χ1n) is 2.49. The SMILES string of the molecule is S=C(SSC(Cl)(Cl)Cl)SSC(Cl)(Cl)Cl. The molecule has 14 heavy (non-hydrogen) atoms. The summed E-state index contributed by atoms with van der Waals surface area (Å²) in [6.45, 7) is 0. The molecule has 0 radical (unpaired) electrons. The third-order valence-electron chi connectivity index (χ3n) is 0.408. The molecule has 0 heterocycles. The lowest BCUT2D eigenvalue weighted by molar-refractivity contribution is 1.81. The van der Waals surface area contributed by atoms with Gasteiger partial charge in [-0.15, -0.1) is 0 Å². The second-order valence-corrected chi connectivity index (χ2v) is 13.3. The number of alkyl halides is 6. The lowest BCUT2D eigenvalue weighted by Gasteiger charge is -2.10. The molecule has 0 bridgehead atoms. The van der Waals surface area contributed by atoms with Gasteiger partial charge in [-0.3, -0.25) is 0 Å². The van der Waals surface area contributed by atoms with Crippen LogP contribution in [0.5, 0.6) is 0 Å². The normalized spacial score (nSPS) is 13.0. The van der Waals surface area contributed by atoms with Crippen molar-refractivity contribution in [3.05, 3.63) is 0 Å². The zero-order valence-corrected chi connectivity index (χ0v) is 14.4. The van der Waals surface area contributed by atoms with Crippen LogP contribution in [-0.4, -0.2) is 9.78 Å². The van der Waals surface area contributed by atoms with Crippen LogP contribution >= 0.6 is 125 Å². The predicted molar refractivity (Wildman–Crippen MR) is 83.5 cm³/mol. The van der Waals surface area contributed by atoms with Crippen molar-refractivity contribution in [3.8, 4) is 0 Å². The van der Waals surface area contributed by atoms with Gasteiger partial charge in [-0.25, -0.2) is 0 Å². The van der Waals surface area contributed by atoms with E-state index in [-0.39, 0.29) is 0 Å². The van der Waals surface area contributed by atoms with Crippen LogP contribution in [0.4, 0.5) is 0 Å². The highest BCUT2D eigenvalue weighted by molar-refractivity contribution is 8.98. The van der Waals surface area contributed by atoms with Crippen LogP contribution in [-0.2, 0) is 0 Å². The van der Waals surface area contributed by atoms with E-state index in [0.29, 0.717) is 3.53 Å². The van der Waals surface area contributed by atoms with E-state index in [0.717, 1.165) is 43.2 Å². The molecule has 0 aliphatic rings. The fraction of sp³-hybridized carbons (Fsp3) is 0.667. The van der Waals surface area contributed by atoms with Crippen molar-refractivity contribution < 1.29 is 0 Å². The van der Waals surface area contributed by atoms with Crippen LogP contribution in [0.1, 0.15) is 0 Å². The number of rotatable bonds is 2. The molecule has 0 fully saturated rings. The summed E-state index contributed by atoms with van der Waals surface area (Å²) in [6, 6.07) is 0. The van der Waals surface area contributed by atoms with E-state index in [1.807, 2.05) is 0 Å². The summed E-state index contributed by atoms with van der Waals surface area (Å²) >= 11 is 37.8. The van der Waals surface area contributed by atoms with E-state index in [2.05, 4.69) is 0 Å². The standard InChI is InChI=1S/C3Cl6S5/c4-2(5,6)13-11-1(10)12-14-3(7,8)9. The molecule has 0 saturated carbocycles. The fourth-order valence-electron chi connectivity index (χ4n) is 0.176. The molecule has 0 amide bonds. The third kappa shape index (κ3) is 13.3. The summed E-state index contributed by atoms with van der Waals surface area (Å²) in [7, 11) is 4.29. The highest BCUT2D eigenvalue weighted by atomic mass is 35.6. The first kappa shape index (κ1) is 17.2. The Labute approximate surface area is 133 Å². The van der Waals surface area contributed by atoms with E-state index in [1.165, 1.54) is 0 Å². The summed E-state index contributed by atoms with van der Waals surface area (Å²) in [5.74, 6) is 0. The molecule has 84 valence electrons. The van der Waals surface area contributed by atoms with Gasteiger partial charge in [0.1, 0.15) is 3.53 Å². The van der Waals surface area contributed by atoms with Gasteiger partial charge in [0.2, 0.25) is 6.25 Å². The lowest BCUT2D eigenvalue weighted by Crippen LogP contribution is -1.93. The van der Waals surface area contributed by atoms with Gasteiger partial charge < -0.3 is 0 Å². The van der Waals surface area contributed by atoms with Gasteiger partial charge >= 0.3 is 0 Å². The molecular formula is C3Cl6S5. The average molecular weight is 409 g/mol. The lowest BCUT2D eigenvalue weighted by atomic mass is 11.8. The molecule has 0 aliphatic carbocycles. The molecule has 0 N–H and O–H groups in total. The Morgan fingerprint density at radius 1 is 0.786 bits per heavy atom. The van der Waals surface area contributed by atoms with Crippen molar-refractivity contribution in [3.63, 3.8) is 0 Å². The van der Waals surface area contributed by atoms with Gasteiger partial charge in [0.05, 0.1) is 0 Å². The van der Waals surface area contributed by atoms with Crippen molar-refractivity contribution in [1.82, 2.24) is 0 Å². The highest BCUT2D eigenvalue weighted by Gasteiger charge is 2.25. The smallest absolute Gasteiger partial charge is 0.0709 e. The minimum absolute atomic E-state index is 0.512. The van der Waals surface area contributed by atoms with Crippen LogP contribution < -0.4 is 0 Å². The molecule has 0 aromatic heterocycles.